The predicted octanol–water partition coefficient (Wildman–Crippen LogP) is 0.718. The van der Waals surface area contributed by atoms with Crippen molar-refractivity contribution in [3.8, 4) is 0 Å². The second-order valence-corrected chi connectivity index (χ2v) is 6.17. The van der Waals surface area contributed by atoms with Crippen molar-refractivity contribution in [1.29, 1.82) is 0 Å². The van der Waals surface area contributed by atoms with Crippen LogP contribution in [0.1, 0.15) is 25.5 Å². The summed E-state index contributed by atoms with van der Waals surface area (Å²) in [5.74, 6) is 0.571. The van der Waals surface area contributed by atoms with Crippen molar-refractivity contribution in [2.45, 2.75) is 32.3 Å². The van der Waals surface area contributed by atoms with Crippen LogP contribution in [0.2, 0.25) is 0 Å². The molecular formula is C15H23N5O4. The van der Waals surface area contributed by atoms with Crippen LogP contribution < -0.4 is 4.90 Å². The SMILES string of the molecule is CCc1nn(C)c(N2CCN(C(=O)C3CCCO3)CC2)c1[N+](=O)[O-]. The van der Waals surface area contributed by atoms with E-state index in [2.05, 4.69) is 5.10 Å². The van der Waals surface area contributed by atoms with Gasteiger partial charge in [-0.15, -0.1) is 0 Å². The molecule has 0 N–H and O–H groups in total. The fourth-order valence-corrected chi connectivity index (χ4v) is 3.45. The van der Waals surface area contributed by atoms with Crippen LogP contribution in [0.4, 0.5) is 11.5 Å². The van der Waals surface area contributed by atoms with Gasteiger partial charge in [-0.2, -0.15) is 5.10 Å². The molecule has 2 saturated heterocycles. The number of anilines is 1. The minimum Gasteiger partial charge on any atom is -0.368 e. The molecule has 1 aromatic heterocycles. The van der Waals surface area contributed by atoms with Crippen LogP contribution in [0.15, 0.2) is 0 Å². The van der Waals surface area contributed by atoms with E-state index in [1.54, 1.807) is 16.6 Å². The smallest absolute Gasteiger partial charge is 0.334 e. The number of carbonyl (C=O) groups excluding carboxylic acids is 1. The number of hydrogen-bond donors (Lipinski definition) is 0. The van der Waals surface area contributed by atoms with Crippen LogP contribution in [0, 0.1) is 10.1 Å². The van der Waals surface area contributed by atoms with Crippen molar-refractivity contribution >= 4 is 17.4 Å². The van der Waals surface area contributed by atoms with Crippen molar-refractivity contribution in [2.75, 3.05) is 37.7 Å². The van der Waals surface area contributed by atoms with Gasteiger partial charge < -0.3 is 14.5 Å². The average molecular weight is 337 g/mol. The summed E-state index contributed by atoms with van der Waals surface area (Å²) in [6.45, 7) is 4.71. The van der Waals surface area contributed by atoms with E-state index in [9.17, 15) is 14.9 Å². The van der Waals surface area contributed by atoms with E-state index in [4.69, 9.17) is 4.74 Å². The molecule has 0 aromatic carbocycles. The molecule has 3 rings (SSSR count). The van der Waals surface area contributed by atoms with E-state index in [-0.39, 0.29) is 22.6 Å². The number of hydrogen-bond acceptors (Lipinski definition) is 6. The first-order chi connectivity index (χ1) is 11.5. The number of amides is 1. The number of aromatic nitrogens is 2. The maximum Gasteiger partial charge on any atom is 0.334 e. The average Bonchev–Trinajstić information content (AvgIpc) is 3.21. The summed E-state index contributed by atoms with van der Waals surface area (Å²) in [5.41, 5.74) is 0.578. The van der Waals surface area contributed by atoms with Crippen LogP contribution in [-0.4, -0.2) is 64.4 Å². The Kier molecular flexibility index (Phi) is 4.70. The maximum absolute atomic E-state index is 12.4. The number of ether oxygens (including phenoxy) is 1. The van der Waals surface area contributed by atoms with Crippen molar-refractivity contribution < 1.29 is 14.5 Å². The Hall–Kier alpha value is -2.16. The highest BCUT2D eigenvalue weighted by Crippen LogP contribution is 2.32. The number of piperazine rings is 1. The Labute approximate surface area is 140 Å². The van der Waals surface area contributed by atoms with E-state index in [0.717, 1.165) is 12.8 Å². The Bertz CT molecular complexity index is 630. The molecule has 1 aromatic rings. The molecular weight excluding hydrogens is 314 g/mol. The summed E-state index contributed by atoms with van der Waals surface area (Å²) in [5, 5.41) is 15.7. The Morgan fingerprint density at radius 3 is 2.62 bits per heavy atom. The van der Waals surface area contributed by atoms with Crippen LogP contribution in [0.25, 0.3) is 0 Å². The molecule has 0 radical (unpaired) electrons. The van der Waals surface area contributed by atoms with Gasteiger partial charge in [0.15, 0.2) is 0 Å². The van der Waals surface area contributed by atoms with Crippen molar-refractivity contribution in [1.82, 2.24) is 14.7 Å². The van der Waals surface area contributed by atoms with Gasteiger partial charge >= 0.3 is 5.69 Å². The van der Waals surface area contributed by atoms with E-state index in [1.807, 2.05) is 11.8 Å². The van der Waals surface area contributed by atoms with Gasteiger partial charge in [0.05, 0.1) is 4.92 Å². The third-order valence-corrected chi connectivity index (χ3v) is 4.68. The van der Waals surface area contributed by atoms with Gasteiger partial charge in [0.1, 0.15) is 11.8 Å². The number of rotatable bonds is 4. The summed E-state index contributed by atoms with van der Waals surface area (Å²) < 4.78 is 7.04. The molecule has 1 unspecified atom stereocenters. The number of nitrogens with zero attached hydrogens (tertiary/aromatic N) is 5. The molecule has 2 aliphatic heterocycles. The first kappa shape index (κ1) is 16.7. The molecule has 0 saturated carbocycles. The maximum atomic E-state index is 12.4. The van der Waals surface area contributed by atoms with Gasteiger partial charge in [-0.3, -0.25) is 14.9 Å². The largest absolute Gasteiger partial charge is 0.368 e. The lowest BCUT2D eigenvalue weighted by Gasteiger charge is -2.36. The zero-order chi connectivity index (χ0) is 17.3. The normalized spacial score (nSPS) is 21.3. The minimum atomic E-state index is -0.356. The predicted molar refractivity (Wildman–Crippen MR) is 87.0 cm³/mol. The highest BCUT2D eigenvalue weighted by molar-refractivity contribution is 5.81. The molecule has 9 nitrogen and oxygen atoms in total. The van der Waals surface area contributed by atoms with Gasteiger partial charge in [-0.25, -0.2) is 4.68 Å². The quantitative estimate of drug-likeness (QED) is 0.593. The Morgan fingerprint density at radius 1 is 1.38 bits per heavy atom. The molecule has 0 aliphatic carbocycles. The lowest BCUT2D eigenvalue weighted by atomic mass is 10.2. The van der Waals surface area contributed by atoms with Crippen molar-refractivity contribution in [2.24, 2.45) is 7.05 Å². The molecule has 1 amide bonds. The first-order valence-corrected chi connectivity index (χ1v) is 8.38. The van der Waals surface area contributed by atoms with Gasteiger partial charge in [-0.05, 0) is 19.3 Å². The lowest BCUT2D eigenvalue weighted by Crippen LogP contribution is -2.51. The van der Waals surface area contributed by atoms with Crippen LogP contribution in [0.3, 0.4) is 0 Å². The third kappa shape index (κ3) is 2.95. The second kappa shape index (κ2) is 6.76. The first-order valence-electron chi connectivity index (χ1n) is 8.38. The molecule has 2 fully saturated rings. The van der Waals surface area contributed by atoms with Gasteiger partial charge in [0.25, 0.3) is 5.91 Å². The topological polar surface area (TPSA) is 93.7 Å². The van der Waals surface area contributed by atoms with E-state index in [0.29, 0.717) is 50.7 Å². The lowest BCUT2D eigenvalue weighted by molar-refractivity contribution is -0.384. The summed E-state index contributed by atoms with van der Waals surface area (Å²) >= 11 is 0. The fourth-order valence-electron chi connectivity index (χ4n) is 3.45. The summed E-state index contributed by atoms with van der Waals surface area (Å²) in [4.78, 5) is 27.2. The minimum absolute atomic E-state index is 0.0425. The van der Waals surface area contributed by atoms with E-state index >= 15 is 0 Å². The monoisotopic (exact) mass is 337 g/mol. The molecule has 3 heterocycles. The molecule has 24 heavy (non-hydrogen) atoms. The summed E-state index contributed by atoms with van der Waals surface area (Å²) in [7, 11) is 1.73. The summed E-state index contributed by atoms with van der Waals surface area (Å²) in [6, 6.07) is 0. The van der Waals surface area contributed by atoms with Gasteiger partial charge in [0, 0.05) is 39.8 Å². The Balaban J connectivity index is 1.72. The number of carbonyl (C=O) groups is 1. The third-order valence-electron chi connectivity index (χ3n) is 4.68. The molecule has 2 aliphatic rings. The number of nitro groups is 1. The van der Waals surface area contributed by atoms with Crippen LogP contribution in [0.5, 0.6) is 0 Å². The van der Waals surface area contributed by atoms with Crippen LogP contribution >= 0.6 is 0 Å². The Morgan fingerprint density at radius 2 is 2.08 bits per heavy atom. The second-order valence-electron chi connectivity index (χ2n) is 6.17. The molecule has 0 bridgehead atoms. The molecule has 9 heteroatoms. The van der Waals surface area contributed by atoms with E-state index in [1.165, 1.54) is 0 Å². The van der Waals surface area contributed by atoms with Gasteiger partial charge in [0.2, 0.25) is 5.82 Å². The van der Waals surface area contributed by atoms with Crippen molar-refractivity contribution in [3.05, 3.63) is 15.8 Å². The standard InChI is InChI=1S/C15H23N5O4/c1-3-11-13(20(22)23)14(17(2)16-11)18-6-8-19(9-7-18)15(21)12-5-4-10-24-12/h12H,3-10H2,1-2H3. The highest BCUT2D eigenvalue weighted by Gasteiger charge is 2.34. The van der Waals surface area contributed by atoms with Gasteiger partial charge in [-0.1, -0.05) is 6.92 Å². The highest BCUT2D eigenvalue weighted by atomic mass is 16.6. The number of aryl methyl sites for hydroxylation is 2. The molecule has 1 atom stereocenters. The molecule has 132 valence electrons. The molecule has 0 spiro atoms. The zero-order valence-corrected chi connectivity index (χ0v) is 14.1. The van der Waals surface area contributed by atoms with E-state index < -0.39 is 0 Å². The zero-order valence-electron chi connectivity index (χ0n) is 14.1. The fraction of sp³-hybridized carbons (Fsp3) is 0.733. The van der Waals surface area contributed by atoms with Crippen LogP contribution in [-0.2, 0) is 23.0 Å². The summed E-state index contributed by atoms with van der Waals surface area (Å²) in [6.07, 6.45) is 1.92. The van der Waals surface area contributed by atoms with Crippen molar-refractivity contribution in [3.63, 3.8) is 0 Å².